The van der Waals surface area contributed by atoms with Gasteiger partial charge in [-0.2, -0.15) is 9.78 Å². The summed E-state index contributed by atoms with van der Waals surface area (Å²) in [5.74, 6) is 1.44. The third kappa shape index (κ3) is 4.93. The van der Waals surface area contributed by atoms with Crippen molar-refractivity contribution in [1.29, 1.82) is 0 Å². The molecule has 0 saturated carbocycles. The van der Waals surface area contributed by atoms with Crippen LogP contribution >= 0.6 is 0 Å². The van der Waals surface area contributed by atoms with Crippen molar-refractivity contribution < 1.29 is 13.9 Å². The number of aromatic amines is 1. The van der Waals surface area contributed by atoms with E-state index in [2.05, 4.69) is 27.3 Å². The van der Waals surface area contributed by atoms with Crippen LogP contribution in [0.15, 0.2) is 57.9 Å². The molecule has 9 heteroatoms. The number of hydrogen-bond acceptors (Lipinski definition) is 6. The Morgan fingerprint density at radius 2 is 2.00 bits per heavy atom. The molecule has 3 aromatic heterocycles. The maximum Gasteiger partial charge on any atom is 0.256 e. The first kappa shape index (κ1) is 23.0. The van der Waals surface area contributed by atoms with Gasteiger partial charge in [-0.25, -0.2) is 4.98 Å². The third-order valence-corrected chi connectivity index (χ3v) is 5.37. The Hall–Kier alpha value is -4.14. The first-order valence-electron chi connectivity index (χ1n) is 11.3. The van der Waals surface area contributed by atoms with Gasteiger partial charge < -0.3 is 14.5 Å². The number of amides is 1. The molecule has 1 aromatic carbocycles. The predicted octanol–water partition coefficient (Wildman–Crippen LogP) is 4.52. The first-order valence-corrected chi connectivity index (χ1v) is 11.3. The number of nitrogens with zero attached hydrogens (tertiary/aromatic N) is 3. The number of unbranched alkanes of at least 4 members (excludes halogenated alkanes) is 1. The molecule has 0 aliphatic heterocycles. The molecule has 9 nitrogen and oxygen atoms in total. The minimum absolute atomic E-state index is 0.201. The van der Waals surface area contributed by atoms with E-state index in [1.54, 1.807) is 49.4 Å². The number of rotatable bonds is 9. The van der Waals surface area contributed by atoms with Crippen molar-refractivity contribution in [3.8, 4) is 23.2 Å². The summed E-state index contributed by atoms with van der Waals surface area (Å²) in [6, 6.07) is 12.1. The Morgan fingerprint density at radius 1 is 1.21 bits per heavy atom. The molecule has 0 spiro atoms. The largest absolute Gasteiger partial charge is 0.494 e. The number of aryl methyl sites for hydroxylation is 1. The minimum Gasteiger partial charge on any atom is -0.494 e. The standard InChI is InChI=1S/C25H27N5O4/c1-4-6-13-33-18-11-9-17(10-12-18)23(31)27-22-15-20(21-8-7-14-34-21)29-30(22)25-26-16(3)19(5-2)24(32)28-25/h7-12,14-15H,4-6,13H2,1-3H3,(H,27,31)(H,26,28,32). The number of aromatic nitrogens is 4. The van der Waals surface area contributed by atoms with E-state index in [0.29, 0.717) is 52.9 Å². The van der Waals surface area contributed by atoms with Crippen molar-refractivity contribution in [2.24, 2.45) is 0 Å². The molecule has 0 saturated heterocycles. The van der Waals surface area contributed by atoms with Gasteiger partial charge in [-0.15, -0.1) is 0 Å². The monoisotopic (exact) mass is 461 g/mol. The molecule has 0 bridgehead atoms. The average molecular weight is 462 g/mol. The van der Waals surface area contributed by atoms with E-state index in [1.165, 1.54) is 10.9 Å². The Balaban J connectivity index is 1.65. The summed E-state index contributed by atoms with van der Waals surface area (Å²) in [6.45, 7) is 6.41. The topological polar surface area (TPSA) is 115 Å². The zero-order chi connectivity index (χ0) is 24.1. The minimum atomic E-state index is -0.337. The second-order valence-corrected chi connectivity index (χ2v) is 7.79. The van der Waals surface area contributed by atoms with Gasteiger partial charge in [-0.1, -0.05) is 20.3 Å². The van der Waals surface area contributed by atoms with Crippen LogP contribution < -0.4 is 15.6 Å². The van der Waals surface area contributed by atoms with Gasteiger partial charge in [0.2, 0.25) is 5.95 Å². The summed E-state index contributed by atoms with van der Waals surface area (Å²) in [4.78, 5) is 32.8. The summed E-state index contributed by atoms with van der Waals surface area (Å²) in [5, 5.41) is 7.38. The SMILES string of the molecule is CCCCOc1ccc(C(=O)Nc2cc(-c3ccco3)nn2-c2nc(C)c(CC)c(=O)[nH]2)cc1. The number of H-pyrrole nitrogens is 1. The second kappa shape index (κ2) is 10.2. The molecule has 4 rings (SSSR count). The number of carbonyl (C=O) groups is 1. The summed E-state index contributed by atoms with van der Waals surface area (Å²) < 4.78 is 12.5. The van der Waals surface area contributed by atoms with Crippen LogP contribution in [0.2, 0.25) is 0 Å². The number of hydrogen-bond donors (Lipinski definition) is 2. The van der Waals surface area contributed by atoms with Crippen LogP contribution in [-0.4, -0.2) is 32.3 Å². The molecule has 3 heterocycles. The Morgan fingerprint density at radius 3 is 2.65 bits per heavy atom. The van der Waals surface area contributed by atoms with Crippen molar-refractivity contribution in [1.82, 2.24) is 19.7 Å². The van der Waals surface area contributed by atoms with Gasteiger partial charge in [0, 0.05) is 22.9 Å². The zero-order valence-corrected chi connectivity index (χ0v) is 19.4. The first-order chi connectivity index (χ1) is 16.5. The molecular formula is C25H27N5O4. The van der Waals surface area contributed by atoms with E-state index in [-0.39, 0.29) is 17.4 Å². The molecule has 2 N–H and O–H groups in total. The van der Waals surface area contributed by atoms with Crippen LogP contribution in [0.4, 0.5) is 5.82 Å². The Kier molecular flexibility index (Phi) is 6.91. The zero-order valence-electron chi connectivity index (χ0n) is 19.4. The van der Waals surface area contributed by atoms with Crippen LogP contribution in [0.1, 0.15) is 48.3 Å². The molecule has 0 atom stereocenters. The highest BCUT2D eigenvalue weighted by Crippen LogP contribution is 2.25. The van der Waals surface area contributed by atoms with E-state index < -0.39 is 0 Å². The van der Waals surface area contributed by atoms with Crippen LogP contribution in [-0.2, 0) is 6.42 Å². The average Bonchev–Trinajstić information content (AvgIpc) is 3.50. The normalized spacial score (nSPS) is 10.9. The molecule has 0 aliphatic rings. The summed E-state index contributed by atoms with van der Waals surface area (Å²) in [5.41, 5.74) is 1.91. The lowest BCUT2D eigenvalue weighted by Gasteiger charge is -2.10. The van der Waals surface area contributed by atoms with Crippen molar-refractivity contribution in [2.75, 3.05) is 11.9 Å². The molecular weight excluding hydrogens is 434 g/mol. The highest BCUT2D eigenvalue weighted by Gasteiger charge is 2.18. The number of carbonyl (C=O) groups excluding carboxylic acids is 1. The van der Waals surface area contributed by atoms with Crippen LogP contribution in [0.5, 0.6) is 5.75 Å². The van der Waals surface area contributed by atoms with E-state index in [1.807, 2.05) is 6.92 Å². The van der Waals surface area contributed by atoms with Gasteiger partial charge >= 0.3 is 0 Å². The maximum absolute atomic E-state index is 13.0. The molecule has 0 unspecified atom stereocenters. The number of nitrogens with one attached hydrogen (secondary N) is 2. The lowest BCUT2D eigenvalue weighted by atomic mass is 10.2. The van der Waals surface area contributed by atoms with Gasteiger partial charge in [-0.05, 0) is 56.2 Å². The second-order valence-electron chi connectivity index (χ2n) is 7.79. The lowest BCUT2D eigenvalue weighted by Crippen LogP contribution is -2.22. The summed E-state index contributed by atoms with van der Waals surface area (Å²) in [7, 11) is 0. The lowest BCUT2D eigenvalue weighted by molar-refractivity contribution is 0.102. The fourth-order valence-corrected chi connectivity index (χ4v) is 3.51. The molecule has 0 aliphatic carbocycles. The van der Waals surface area contributed by atoms with Crippen molar-refractivity contribution in [3.05, 3.63) is 75.9 Å². The predicted molar refractivity (Wildman–Crippen MR) is 129 cm³/mol. The third-order valence-electron chi connectivity index (χ3n) is 5.37. The number of benzene rings is 1. The van der Waals surface area contributed by atoms with Crippen molar-refractivity contribution in [2.45, 2.75) is 40.0 Å². The maximum atomic E-state index is 13.0. The van der Waals surface area contributed by atoms with Gasteiger partial charge in [-0.3, -0.25) is 14.6 Å². The van der Waals surface area contributed by atoms with E-state index in [4.69, 9.17) is 9.15 Å². The quantitative estimate of drug-likeness (QED) is 0.354. The smallest absolute Gasteiger partial charge is 0.256 e. The van der Waals surface area contributed by atoms with Crippen molar-refractivity contribution in [3.63, 3.8) is 0 Å². The molecule has 34 heavy (non-hydrogen) atoms. The van der Waals surface area contributed by atoms with Gasteiger partial charge in [0.1, 0.15) is 17.3 Å². The fraction of sp³-hybridized carbons (Fsp3) is 0.280. The van der Waals surface area contributed by atoms with Gasteiger partial charge in [0.25, 0.3) is 11.5 Å². The molecule has 0 radical (unpaired) electrons. The van der Waals surface area contributed by atoms with Crippen LogP contribution in [0, 0.1) is 6.92 Å². The Labute approximate surface area is 196 Å². The van der Waals surface area contributed by atoms with Crippen LogP contribution in [0.25, 0.3) is 17.4 Å². The summed E-state index contributed by atoms with van der Waals surface area (Å²) in [6.07, 6.45) is 4.12. The van der Waals surface area contributed by atoms with Crippen LogP contribution in [0.3, 0.4) is 0 Å². The highest BCUT2D eigenvalue weighted by atomic mass is 16.5. The number of furan rings is 1. The Bertz CT molecular complexity index is 1320. The van der Waals surface area contributed by atoms with Gasteiger partial charge in [0.15, 0.2) is 5.76 Å². The van der Waals surface area contributed by atoms with Gasteiger partial charge in [0.05, 0.1) is 12.9 Å². The van der Waals surface area contributed by atoms with E-state index >= 15 is 0 Å². The number of anilines is 1. The molecule has 176 valence electrons. The molecule has 4 aromatic rings. The van der Waals surface area contributed by atoms with E-state index in [0.717, 1.165) is 12.8 Å². The van der Waals surface area contributed by atoms with Crippen molar-refractivity contribution >= 4 is 11.7 Å². The fourth-order valence-electron chi connectivity index (χ4n) is 3.51. The molecule has 1 amide bonds. The number of ether oxygens (including phenoxy) is 1. The summed E-state index contributed by atoms with van der Waals surface area (Å²) >= 11 is 0. The highest BCUT2D eigenvalue weighted by molar-refractivity contribution is 6.04. The van der Waals surface area contributed by atoms with E-state index in [9.17, 15) is 9.59 Å². The molecule has 0 fully saturated rings.